The zero-order valence-corrected chi connectivity index (χ0v) is 16.7. The molecule has 9 nitrogen and oxygen atoms in total. The van der Waals surface area contributed by atoms with Gasteiger partial charge in [0.05, 0.1) is 24.9 Å². The Kier molecular flexibility index (Phi) is 6.50. The maximum atomic E-state index is 12.4. The van der Waals surface area contributed by atoms with Crippen LogP contribution >= 0.6 is 11.6 Å². The number of methoxy groups -OCH3 is 2. The zero-order chi connectivity index (χ0) is 20.8. The molecule has 0 aliphatic carbocycles. The molecule has 0 unspecified atom stereocenters. The fourth-order valence-electron chi connectivity index (χ4n) is 2.72. The van der Waals surface area contributed by atoms with E-state index in [-0.39, 0.29) is 12.5 Å². The minimum atomic E-state index is -0.548. The van der Waals surface area contributed by atoms with Crippen LogP contribution in [-0.2, 0) is 17.8 Å². The number of amides is 1. The Labute approximate surface area is 171 Å². The molecule has 1 heterocycles. The SMILES string of the molecule is COc1ccc(CCNC(=O)Cn2nnn(-c3ccccc3Cl)c2=O)cc1OC. The van der Waals surface area contributed by atoms with Gasteiger partial charge in [-0.15, -0.1) is 0 Å². The largest absolute Gasteiger partial charge is 0.493 e. The second-order valence-electron chi connectivity index (χ2n) is 6.07. The first-order valence-electron chi connectivity index (χ1n) is 8.79. The number of tetrazole rings is 1. The second-order valence-corrected chi connectivity index (χ2v) is 6.48. The summed E-state index contributed by atoms with van der Waals surface area (Å²) in [6.45, 7) is 0.150. The summed E-state index contributed by atoms with van der Waals surface area (Å²) in [7, 11) is 3.14. The van der Waals surface area contributed by atoms with Crippen LogP contribution in [0.2, 0.25) is 5.02 Å². The van der Waals surface area contributed by atoms with Gasteiger partial charge in [0.1, 0.15) is 6.54 Å². The van der Waals surface area contributed by atoms with Crippen LogP contribution in [0.5, 0.6) is 11.5 Å². The van der Waals surface area contributed by atoms with Crippen LogP contribution in [0.3, 0.4) is 0 Å². The van der Waals surface area contributed by atoms with E-state index in [9.17, 15) is 9.59 Å². The molecule has 1 N–H and O–H groups in total. The van der Waals surface area contributed by atoms with E-state index in [0.29, 0.717) is 35.2 Å². The molecule has 0 aliphatic rings. The third-order valence-electron chi connectivity index (χ3n) is 4.20. The third-order valence-corrected chi connectivity index (χ3v) is 4.52. The predicted molar refractivity (Wildman–Crippen MR) is 107 cm³/mol. The minimum absolute atomic E-state index is 0.241. The number of rotatable bonds is 8. The first kappa shape index (κ1) is 20.4. The lowest BCUT2D eigenvalue weighted by atomic mass is 10.1. The molecule has 2 aromatic carbocycles. The third kappa shape index (κ3) is 4.75. The lowest BCUT2D eigenvalue weighted by molar-refractivity contribution is -0.121. The summed E-state index contributed by atoms with van der Waals surface area (Å²) in [5.41, 5.74) is 0.831. The molecule has 29 heavy (non-hydrogen) atoms. The van der Waals surface area contributed by atoms with Crippen LogP contribution in [-0.4, -0.2) is 46.5 Å². The molecule has 0 saturated carbocycles. The summed E-state index contributed by atoms with van der Waals surface area (Å²) >= 11 is 6.08. The van der Waals surface area contributed by atoms with Gasteiger partial charge in [-0.2, -0.15) is 9.36 Å². The average Bonchev–Trinajstić information content (AvgIpc) is 3.08. The fraction of sp³-hybridized carbons (Fsp3) is 0.263. The molecule has 1 amide bonds. The molecule has 152 valence electrons. The van der Waals surface area contributed by atoms with Crippen LogP contribution < -0.4 is 20.5 Å². The van der Waals surface area contributed by atoms with Crippen LogP contribution in [0.1, 0.15) is 5.56 Å². The standard InChI is InChI=1S/C19H20ClN5O4/c1-28-16-8-7-13(11-17(16)29-2)9-10-21-18(26)12-24-19(27)25(23-22-24)15-6-4-3-5-14(15)20/h3-8,11H,9-10,12H2,1-2H3,(H,21,26). The molecular weight excluding hydrogens is 398 g/mol. The molecule has 10 heteroatoms. The summed E-state index contributed by atoms with van der Waals surface area (Å²) < 4.78 is 12.5. The molecule has 3 aromatic rings. The normalized spacial score (nSPS) is 10.6. The first-order chi connectivity index (χ1) is 14.0. The van der Waals surface area contributed by atoms with Gasteiger partial charge in [0, 0.05) is 6.54 Å². The van der Waals surface area contributed by atoms with Crippen molar-refractivity contribution in [2.75, 3.05) is 20.8 Å². The van der Waals surface area contributed by atoms with Gasteiger partial charge in [0.25, 0.3) is 0 Å². The van der Waals surface area contributed by atoms with Gasteiger partial charge in [-0.3, -0.25) is 4.79 Å². The highest BCUT2D eigenvalue weighted by Gasteiger charge is 2.14. The second kappa shape index (κ2) is 9.24. The maximum Gasteiger partial charge on any atom is 0.369 e. The van der Waals surface area contributed by atoms with E-state index in [1.54, 1.807) is 38.5 Å². The maximum absolute atomic E-state index is 12.4. The van der Waals surface area contributed by atoms with Gasteiger partial charge in [-0.25, -0.2) is 4.79 Å². The highest BCUT2D eigenvalue weighted by atomic mass is 35.5. The van der Waals surface area contributed by atoms with Gasteiger partial charge >= 0.3 is 5.69 Å². The van der Waals surface area contributed by atoms with Crippen LogP contribution in [0.25, 0.3) is 5.69 Å². The number of aromatic nitrogens is 4. The van der Waals surface area contributed by atoms with Crippen molar-refractivity contribution in [2.24, 2.45) is 0 Å². The molecule has 0 atom stereocenters. The van der Waals surface area contributed by atoms with Crippen molar-refractivity contribution in [1.29, 1.82) is 0 Å². The number of halogens is 1. The molecule has 1 aromatic heterocycles. The van der Waals surface area contributed by atoms with E-state index < -0.39 is 5.69 Å². The smallest absolute Gasteiger partial charge is 0.369 e. The van der Waals surface area contributed by atoms with Crippen LogP contribution in [0.4, 0.5) is 0 Å². The summed E-state index contributed by atoms with van der Waals surface area (Å²) in [5.74, 6) is 0.916. The van der Waals surface area contributed by atoms with Crippen molar-refractivity contribution in [3.8, 4) is 17.2 Å². The topological polar surface area (TPSA) is 100 Å². The van der Waals surface area contributed by atoms with E-state index in [4.69, 9.17) is 21.1 Å². The highest BCUT2D eigenvalue weighted by Crippen LogP contribution is 2.27. The predicted octanol–water partition coefficient (Wildman–Crippen LogP) is 1.46. The van der Waals surface area contributed by atoms with Gasteiger partial charge in [0.2, 0.25) is 5.91 Å². The zero-order valence-electron chi connectivity index (χ0n) is 16.0. The van der Waals surface area contributed by atoms with Crippen molar-refractivity contribution in [3.63, 3.8) is 0 Å². The first-order valence-corrected chi connectivity index (χ1v) is 9.16. The number of para-hydroxylation sites is 1. The quantitative estimate of drug-likeness (QED) is 0.595. The Morgan fingerprint density at radius 2 is 1.86 bits per heavy atom. The van der Waals surface area contributed by atoms with E-state index in [1.807, 2.05) is 18.2 Å². The summed E-state index contributed by atoms with van der Waals surface area (Å²) in [6.07, 6.45) is 0.591. The Morgan fingerprint density at radius 1 is 1.10 bits per heavy atom. The average molecular weight is 418 g/mol. The van der Waals surface area contributed by atoms with Crippen LogP contribution in [0.15, 0.2) is 47.3 Å². The molecule has 0 fully saturated rings. The fourth-order valence-corrected chi connectivity index (χ4v) is 2.94. The molecule has 3 rings (SSSR count). The molecule has 0 aliphatic heterocycles. The van der Waals surface area contributed by atoms with E-state index >= 15 is 0 Å². The van der Waals surface area contributed by atoms with Crippen molar-refractivity contribution >= 4 is 17.5 Å². The number of carbonyl (C=O) groups excluding carboxylic acids is 1. The summed E-state index contributed by atoms with van der Waals surface area (Å²) in [4.78, 5) is 24.6. The number of hydrogen-bond donors (Lipinski definition) is 1. The lowest BCUT2D eigenvalue weighted by Crippen LogP contribution is -2.34. The molecule has 0 saturated heterocycles. The molecule has 0 spiro atoms. The Bertz CT molecular complexity index is 1060. The number of ether oxygens (including phenoxy) is 2. The van der Waals surface area contributed by atoms with Crippen molar-refractivity contribution in [2.45, 2.75) is 13.0 Å². The van der Waals surface area contributed by atoms with Crippen molar-refractivity contribution in [3.05, 3.63) is 63.5 Å². The number of nitrogens with zero attached hydrogens (tertiary/aromatic N) is 4. The highest BCUT2D eigenvalue weighted by molar-refractivity contribution is 6.32. The van der Waals surface area contributed by atoms with E-state index in [2.05, 4.69) is 15.7 Å². The number of hydrogen-bond acceptors (Lipinski definition) is 6. The van der Waals surface area contributed by atoms with Gasteiger partial charge in [-0.1, -0.05) is 29.8 Å². The Hall–Kier alpha value is -3.33. The van der Waals surface area contributed by atoms with E-state index in [1.165, 1.54) is 0 Å². The Morgan fingerprint density at radius 3 is 2.59 bits per heavy atom. The molecule has 0 bridgehead atoms. The van der Waals surface area contributed by atoms with Crippen molar-refractivity contribution < 1.29 is 14.3 Å². The van der Waals surface area contributed by atoms with Gasteiger partial charge in [0.15, 0.2) is 11.5 Å². The van der Waals surface area contributed by atoms with E-state index in [0.717, 1.165) is 14.9 Å². The molecular formula is C19H20ClN5O4. The number of benzene rings is 2. The Balaban J connectivity index is 1.58. The van der Waals surface area contributed by atoms with Crippen LogP contribution in [0, 0.1) is 0 Å². The minimum Gasteiger partial charge on any atom is -0.493 e. The number of nitrogens with one attached hydrogen (secondary N) is 1. The summed E-state index contributed by atoms with van der Waals surface area (Å²) in [6, 6.07) is 12.3. The summed E-state index contributed by atoms with van der Waals surface area (Å²) in [5, 5.41) is 10.7. The van der Waals surface area contributed by atoms with Gasteiger partial charge < -0.3 is 14.8 Å². The molecule has 0 radical (unpaired) electrons. The van der Waals surface area contributed by atoms with Crippen molar-refractivity contribution in [1.82, 2.24) is 25.1 Å². The lowest BCUT2D eigenvalue weighted by Gasteiger charge is -2.10. The number of carbonyl (C=O) groups is 1. The van der Waals surface area contributed by atoms with Gasteiger partial charge in [-0.05, 0) is 46.7 Å². The monoisotopic (exact) mass is 417 g/mol.